The highest BCUT2D eigenvalue weighted by Crippen LogP contribution is 2.29. The quantitative estimate of drug-likeness (QED) is 0.321. The lowest BCUT2D eigenvalue weighted by Crippen LogP contribution is -2.50. The molecule has 1 unspecified atom stereocenters. The van der Waals surface area contributed by atoms with Crippen LogP contribution >= 0.6 is 0 Å². The maximum Gasteiger partial charge on any atom is 0.417 e. The van der Waals surface area contributed by atoms with Crippen LogP contribution in [0.4, 0.5) is 13.2 Å². The fourth-order valence-electron chi connectivity index (χ4n) is 2.91. The fourth-order valence-corrected chi connectivity index (χ4v) is 2.91. The lowest BCUT2D eigenvalue weighted by Gasteiger charge is -2.32. The van der Waals surface area contributed by atoms with Crippen LogP contribution < -0.4 is 4.74 Å². The number of morpholine rings is 1. The van der Waals surface area contributed by atoms with E-state index in [-0.39, 0.29) is 50.2 Å². The van der Waals surface area contributed by atoms with Crippen molar-refractivity contribution in [2.75, 3.05) is 39.5 Å². The average molecular weight is 485 g/mol. The van der Waals surface area contributed by atoms with Crippen molar-refractivity contribution in [3.05, 3.63) is 41.9 Å². The number of aromatic amines is 1. The van der Waals surface area contributed by atoms with Gasteiger partial charge in [-0.05, 0) is 19.1 Å². The highest BCUT2D eigenvalue weighted by Gasteiger charge is 2.31. The molecule has 1 aliphatic rings. The summed E-state index contributed by atoms with van der Waals surface area (Å²) in [7, 11) is 0. The zero-order valence-corrected chi connectivity index (χ0v) is 18.1. The number of pyridine rings is 1. The van der Waals surface area contributed by atoms with Crippen LogP contribution in [-0.2, 0) is 30.1 Å². The summed E-state index contributed by atoms with van der Waals surface area (Å²) in [5.74, 6) is -1.15. The van der Waals surface area contributed by atoms with Gasteiger partial charge in [0.25, 0.3) is 5.91 Å². The van der Waals surface area contributed by atoms with E-state index in [1.807, 2.05) is 0 Å². The van der Waals surface area contributed by atoms with Crippen molar-refractivity contribution >= 4 is 17.6 Å². The van der Waals surface area contributed by atoms with E-state index in [4.69, 9.17) is 19.0 Å². The minimum atomic E-state index is -4.49. The van der Waals surface area contributed by atoms with Crippen molar-refractivity contribution in [1.29, 1.82) is 0 Å². The van der Waals surface area contributed by atoms with Crippen LogP contribution in [0.1, 0.15) is 18.2 Å². The molecular formula is C20H22F3N5O6. The molecule has 11 nitrogen and oxygen atoms in total. The number of carbonyl (C=O) groups excluding carboxylic acids is 2. The molecule has 14 heteroatoms. The Morgan fingerprint density at radius 2 is 2.15 bits per heavy atom. The number of esters is 1. The lowest BCUT2D eigenvalue weighted by molar-refractivity contribution is -0.148. The van der Waals surface area contributed by atoms with Crippen molar-refractivity contribution in [1.82, 2.24) is 20.1 Å². The standard InChI is InChI=1S/C20H22F3N5O6/c1-2-31-17(29)12-34-27-18(15-5-6-25-26-15)19(30)28-7-8-32-14(10-28)11-33-16-4-3-13(9-24-16)20(21,22)23/h3-6,9,14H,2,7-8,10-12H2,1H3,(H,25,26)/b27-18+. The Morgan fingerprint density at radius 3 is 2.79 bits per heavy atom. The van der Waals surface area contributed by atoms with Gasteiger partial charge in [-0.25, -0.2) is 9.78 Å². The second kappa shape index (κ2) is 11.4. The van der Waals surface area contributed by atoms with Gasteiger partial charge < -0.3 is 23.9 Å². The molecule has 2 aromatic heterocycles. The molecule has 0 spiro atoms. The Hall–Kier alpha value is -3.68. The number of amides is 1. The zero-order chi connectivity index (χ0) is 24.6. The molecule has 3 heterocycles. The smallest absolute Gasteiger partial charge is 0.417 e. The molecule has 184 valence electrons. The third kappa shape index (κ3) is 6.91. The largest absolute Gasteiger partial charge is 0.475 e. The Bertz CT molecular complexity index is 982. The number of hydrogen-bond donors (Lipinski definition) is 1. The first-order valence-electron chi connectivity index (χ1n) is 10.2. The molecule has 0 aliphatic carbocycles. The van der Waals surface area contributed by atoms with E-state index in [0.29, 0.717) is 6.20 Å². The van der Waals surface area contributed by atoms with Gasteiger partial charge in [-0.2, -0.15) is 18.3 Å². The van der Waals surface area contributed by atoms with Crippen LogP contribution in [0.25, 0.3) is 0 Å². The first kappa shape index (κ1) is 25.0. The van der Waals surface area contributed by atoms with Crippen LogP contribution in [0.15, 0.2) is 35.7 Å². The minimum Gasteiger partial charge on any atom is -0.475 e. The molecule has 0 aromatic carbocycles. The van der Waals surface area contributed by atoms with E-state index in [2.05, 4.69) is 20.3 Å². The summed E-state index contributed by atoms with van der Waals surface area (Å²) < 4.78 is 53.7. The molecule has 0 bridgehead atoms. The van der Waals surface area contributed by atoms with Gasteiger partial charge >= 0.3 is 12.1 Å². The molecule has 1 aliphatic heterocycles. The van der Waals surface area contributed by atoms with E-state index in [1.165, 1.54) is 17.2 Å². The van der Waals surface area contributed by atoms with Gasteiger partial charge in [0, 0.05) is 25.0 Å². The normalized spacial score (nSPS) is 16.8. The molecule has 0 saturated carbocycles. The number of nitrogens with one attached hydrogen (secondary N) is 1. The van der Waals surface area contributed by atoms with Crippen LogP contribution in [-0.4, -0.2) is 83.3 Å². The van der Waals surface area contributed by atoms with Crippen molar-refractivity contribution < 1.29 is 41.8 Å². The summed E-state index contributed by atoms with van der Waals surface area (Å²) in [6, 6.07) is 3.49. The summed E-state index contributed by atoms with van der Waals surface area (Å²) in [6.07, 6.45) is -2.95. The van der Waals surface area contributed by atoms with Gasteiger partial charge in [-0.15, -0.1) is 0 Å². The summed E-state index contributed by atoms with van der Waals surface area (Å²) in [5, 5.41) is 10.2. The summed E-state index contributed by atoms with van der Waals surface area (Å²) in [4.78, 5) is 34.6. The number of ether oxygens (including phenoxy) is 3. The first-order chi connectivity index (χ1) is 16.3. The number of hydrogen-bond acceptors (Lipinski definition) is 9. The molecule has 1 fully saturated rings. The number of rotatable bonds is 9. The molecule has 1 amide bonds. The predicted molar refractivity (Wildman–Crippen MR) is 109 cm³/mol. The molecular weight excluding hydrogens is 463 g/mol. The second-order valence-electron chi connectivity index (χ2n) is 6.93. The van der Waals surface area contributed by atoms with Gasteiger partial charge in [0.1, 0.15) is 12.7 Å². The zero-order valence-electron chi connectivity index (χ0n) is 18.1. The minimum absolute atomic E-state index is 0.00729. The van der Waals surface area contributed by atoms with E-state index < -0.39 is 36.3 Å². The SMILES string of the molecule is CCOC(=O)CO/N=C(/C(=O)N1CCOC(COc2ccc(C(F)(F)F)cn2)C1)c1ccn[nH]1. The van der Waals surface area contributed by atoms with Gasteiger partial charge in [0.2, 0.25) is 12.5 Å². The van der Waals surface area contributed by atoms with Crippen LogP contribution in [0.5, 0.6) is 5.88 Å². The van der Waals surface area contributed by atoms with E-state index in [9.17, 15) is 22.8 Å². The van der Waals surface area contributed by atoms with Crippen molar-refractivity contribution in [2.45, 2.75) is 19.2 Å². The summed E-state index contributed by atoms with van der Waals surface area (Å²) in [6.45, 7) is 1.87. The molecule has 2 aromatic rings. The fraction of sp³-hybridized carbons (Fsp3) is 0.450. The van der Waals surface area contributed by atoms with Crippen molar-refractivity contribution in [3.63, 3.8) is 0 Å². The average Bonchev–Trinajstić information content (AvgIpc) is 3.35. The Kier molecular flexibility index (Phi) is 8.40. The first-order valence-corrected chi connectivity index (χ1v) is 10.2. The lowest BCUT2D eigenvalue weighted by atomic mass is 10.2. The maximum atomic E-state index is 13.1. The number of H-pyrrole nitrogens is 1. The molecule has 34 heavy (non-hydrogen) atoms. The van der Waals surface area contributed by atoms with Gasteiger partial charge in [-0.3, -0.25) is 9.89 Å². The third-order valence-corrected chi connectivity index (χ3v) is 4.51. The van der Waals surface area contributed by atoms with E-state index in [1.54, 1.807) is 6.92 Å². The van der Waals surface area contributed by atoms with Gasteiger partial charge in [0.05, 0.1) is 31.0 Å². The Balaban J connectivity index is 1.60. The highest BCUT2D eigenvalue weighted by molar-refractivity contribution is 6.44. The maximum absolute atomic E-state index is 13.1. The highest BCUT2D eigenvalue weighted by atomic mass is 19.4. The van der Waals surface area contributed by atoms with Crippen molar-refractivity contribution in [3.8, 4) is 5.88 Å². The van der Waals surface area contributed by atoms with Crippen LogP contribution in [0.2, 0.25) is 0 Å². The number of nitrogens with zero attached hydrogens (tertiary/aromatic N) is 4. The van der Waals surface area contributed by atoms with Crippen LogP contribution in [0.3, 0.4) is 0 Å². The predicted octanol–water partition coefficient (Wildman–Crippen LogP) is 1.41. The van der Waals surface area contributed by atoms with E-state index >= 15 is 0 Å². The molecule has 0 radical (unpaired) electrons. The van der Waals surface area contributed by atoms with Crippen LogP contribution in [0, 0.1) is 0 Å². The number of halogens is 3. The third-order valence-electron chi connectivity index (χ3n) is 4.51. The molecule has 1 N–H and O–H groups in total. The van der Waals surface area contributed by atoms with Crippen molar-refractivity contribution in [2.24, 2.45) is 5.16 Å². The number of alkyl halides is 3. The number of aromatic nitrogens is 3. The topological polar surface area (TPSA) is 128 Å². The number of oxime groups is 1. The monoisotopic (exact) mass is 485 g/mol. The van der Waals surface area contributed by atoms with Gasteiger partial charge in [-0.1, -0.05) is 5.16 Å². The summed E-state index contributed by atoms with van der Waals surface area (Å²) in [5.41, 5.74) is -0.712. The molecule has 1 saturated heterocycles. The molecule has 3 rings (SSSR count). The van der Waals surface area contributed by atoms with E-state index in [0.717, 1.165) is 12.1 Å². The summed E-state index contributed by atoms with van der Waals surface area (Å²) >= 11 is 0. The Labute approximate surface area is 191 Å². The molecule has 1 atom stereocenters. The second-order valence-corrected chi connectivity index (χ2v) is 6.93. The Morgan fingerprint density at radius 1 is 1.32 bits per heavy atom. The number of carbonyl (C=O) groups is 2. The van der Waals surface area contributed by atoms with Gasteiger partial charge in [0.15, 0.2) is 5.71 Å².